The summed E-state index contributed by atoms with van der Waals surface area (Å²) in [5, 5.41) is 4.64. The third kappa shape index (κ3) is 3.26. The zero-order valence-electron chi connectivity index (χ0n) is 19.9. The molecule has 0 aliphatic heterocycles. The first-order valence-corrected chi connectivity index (χ1v) is 12.3. The lowest BCUT2D eigenvalue weighted by Gasteiger charge is -2.14. The van der Waals surface area contributed by atoms with Gasteiger partial charge in [0.1, 0.15) is 5.82 Å². The maximum atomic E-state index is 5.19. The van der Waals surface area contributed by atoms with E-state index >= 15 is 0 Å². The lowest BCUT2D eigenvalue weighted by Crippen LogP contribution is -2.04. The first-order chi connectivity index (χ1) is 17.8. The van der Waals surface area contributed by atoms with Crippen LogP contribution in [0.2, 0.25) is 0 Å². The topological polar surface area (TPSA) is 43.6 Å². The summed E-state index contributed by atoms with van der Waals surface area (Å²) in [7, 11) is 2.11. The summed E-state index contributed by atoms with van der Waals surface area (Å²) in [6.07, 6.45) is 17.0. The molecule has 2 unspecified atom stereocenters. The van der Waals surface area contributed by atoms with Crippen molar-refractivity contribution >= 4 is 43.6 Å². The summed E-state index contributed by atoms with van der Waals surface area (Å²) in [6, 6.07) is 23.4. The van der Waals surface area contributed by atoms with Crippen LogP contribution in [0.4, 0.5) is 0 Å². The van der Waals surface area contributed by atoms with Gasteiger partial charge in [0, 0.05) is 36.1 Å². The van der Waals surface area contributed by atoms with Gasteiger partial charge in [-0.3, -0.25) is 9.97 Å². The summed E-state index contributed by atoms with van der Waals surface area (Å²) in [4.78, 5) is 14.5. The number of nitrogens with zero attached hydrogens (tertiary/aromatic N) is 4. The number of aryl methyl sites for hydroxylation is 1. The Kier molecular flexibility index (Phi) is 4.78. The van der Waals surface area contributed by atoms with Crippen LogP contribution in [-0.4, -0.2) is 19.5 Å². The van der Waals surface area contributed by atoms with E-state index < -0.39 is 0 Å². The lowest BCUT2D eigenvalue weighted by molar-refractivity contribution is 0.806. The minimum absolute atomic E-state index is 0.0498. The molecule has 3 aromatic heterocycles. The number of rotatable bonds is 2. The molecular weight excluding hydrogens is 440 g/mol. The SMILES string of the molecule is Cn1c(C2C=C/C=C\C(c3ccc4ccccc4c3)/C=C\2)nc2c3cccnc3c3ncccc3c21. The van der Waals surface area contributed by atoms with Crippen molar-refractivity contribution in [1.82, 2.24) is 19.5 Å². The van der Waals surface area contributed by atoms with E-state index in [0.29, 0.717) is 0 Å². The molecule has 0 saturated carbocycles. The normalized spacial score (nSPS) is 19.6. The van der Waals surface area contributed by atoms with E-state index in [2.05, 4.69) is 113 Å². The molecule has 1 aliphatic carbocycles. The highest BCUT2D eigenvalue weighted by Crippen LogP contribution is 2.35. The van der Waals surface area contributed by atoms with Crippen LogP contribution in [0.25, 0.3) is 43.6 Å². The van der Waals surface area contributed by atoms with Crippen molar-refractivity contribution in [3.63, 3.8) is 0 Å². The summed E-state index contributed by atoms with van der Waals surface area (Å²) in [6.45, 7) is 0. The summed E-state index contributed by atoms with van der Waals surface area (Å²) in [5.74, 6) is 1.26. The molecule has 0 radical (unpaired) electrons. The van der Waals surface area contributed by atoms with Crippen LogP contribution in [0.15, 0.2) is 116 Å². The van der Waals surface area contributed by atoms with Crippen LogP contribution in [-0.2, 0) is 7.05 Å². The highest BCUT2D eigenvalue weighted by molar-refractivity contribution is 6.20. The molecule has 0 spiro atoms. The lowest BCUT2D eigenvalue weighted by atomic mass is 9.92. The largest absolute Gasteiger partial charge is 0.330 e. The second kappa shape index (κ2) is 8.28. The Balaban J connectivity index is 1.36. The molecule has 7 rings (SSSR count). The summed E-state index contributed by atoms with van der Waals surface area (Å²) < 4.78 is 2.22. The van der Waals surface area contributed by atoms with E-state index in [1.165, 1.54) is 16.3 Å². The molecular formula is C32H24N4. The van der Waals surface area contributed by atoms with Gasteiger partial charge in [-0.15, -0.1) is 0 Å². The number of pyridine rings is 2. The Morgan fingerprint density at radius 3 is 2.17 bits per heavy atom. The number of aromatic nitrogens is 4. The fourth-order valence-electron chi connectivity index (χ4n) is 5.43. The van der Waals surface area contributed by atoms with Crippen molar-refractivity contribution in [2.24, 2.45) is 7.05 Å². The first-order valence-electron chi connectivity index (χ1n) is 12.3. The van der Waals surface area contributed by atoms with E-state index in [9.17, 15) is 0 Å². The second-order valence-electron chi connectivity index (χ2n) is 9.34. The Hall–Kier alpha value is -4.57. The van der Waals surface area contributed by atoms with Gasteiger partial charge >= 0.3 is 0 Å². The van der Waals surface area contributed by atoms with Crippen molar-refractivity contribution < 1.29 is 0 Å². The molecule has 172 valence electrons. The molecule has 6 aromatic rings. The molecule has 0 fully saturated rings. The summed E-state index contributed by atoms with van der Waals surface area (Å²) >= 11 is 0. The van der Waals surface area contributed by atoms with Crippen LogP contribution >= 0.6 is 0 Å². The van der Waals surface area contributed by atoms with Crippen molar-refractivity contribution in [3.8, 4) is 0 Å². The van der Waals surface area contributed by atoms with E-state index in [4.69, 9.17) is 4.98 Å². The standard InChI is InChI=1S/C32H24N4/c1-36-31-27-13-7-19-34-29(27)28-26(12-6-18-33-28)30(31)35-32(36)23-10-4-2-9-22(14-16-23)25-17-15-21-8-3-5-11-24(21)20-25/h2-20,22-23H,1H3/b9-2-,10-4?,16-14-. The zero-order chi connectivity index (χ0) is 24.1. The molecule has 4 heteroatoms. The highest BCUT2D eigenvalue weighted by Gasteiger charge is 2.20. The van der Waals surface area contributed by atoms with Gasteiger partial charge in [0.2, 0.25) is 0 Å². The Morgan fingerprint density at radius 1 is 0.639 bits per heavy atom. The average molecular weight is 465 g/mol. The number of benzene rings is 3. The molecule has 3 heterocycles. The number of fused-ring (bicyclic) bond motifs is 7. The van der Waals surface area contributed by atoms with Crippen LogP contribution in [0.3, 0.4) is 0 Å². The average Bonchev–Trinajstić information content (AvgIpc) is 3.26. The van der Waals surface area contributed by atoms with Gasteiger partial charge in [-0.05, 0) is 40.6 Å². The number of hydrogen-bond acceptors (Lipinski definition) is 3. The van der Waals surface area contributed by atoms with Gasteiger partial charge in [0.05, 0.1) is 28.0 Å². The van der Waals surface area contributed by atoms with Crippen molar-refractivity contribution in [2.45, 2.75) is 11.8 Å². The minimum Gasteiger partial charge on any atom is -0.330 e. The minimum atomic E-state index is 0.0498. The highest BCUT2D eigenvalue weighted by atomic mass is 15.1. The van der Waals surface area contributed by atoms with E-state index in [1.807, 2.05) is 24.5 Å². The van der Waals surface area contributed by atoms with Gasteiger partial charge in [-0.2, -0.15) is 0 Å². The van der Waals surface area contributed by atoms with E-state index in [1.54, 1.807) is 0 Å². The van der Waals surface area contributed by atoms with Crippen LogP contribution in [0, 0.1) is 0 Å². The molecule has 1 aliphatic rings. The maximum Gasteiger partial charge on any atom is 0.120 e. The first kappa shape index (κ1) is 20.8. The third-order valence-electron chi connectivity index (χ3n) is 7.21. The van der Waals surface area contributed by atoms with Gasteiger partial charge < -0.3 is 4.57 Å². The van der Waals surface area contributed by atoms with Crippen molar-refractivity contribution in [2.75, 3.05) is 0 Å². The number of hydrogen-bond donors (Lipinski definition) is 0. The van der Waals surface area contributed by atoms with E-state index in [-0.39, 0.29) is 11.8 Å². The Bertz CT molecular complexity index is 1870. The Labute approximate surface area is 209 Å². The second-order valence-corrected chi connectivity index (χ2v) is 9.34. The third-order valence-corrected chi connectivity index (χ3v) is 7.21. The predicted molar refractivity (Wildman–Crippen MR) is 148 cm³/mol. The predicted octanol–water partition coefficient (Wildman–Crippen LogP) is 7.37. The number of allylic oxidation sites excluding steroid dienone is 6. The Morgan fingerprint density at radius 2 is 1.33 bits per heavy atom. The molecule has 0 bridgehead atoms. The zero-order valence-corrected chi connectivity index (χ0v) is 19.9. The monoisotopic (exact) mass is 464 g/mol. The molecule has 2 atom stereocenters. The van der Waals surface area contributed by atoms with Crippen molar-refractivity contribution in [3.05, 3.63) is 127 Å². The molecule has 0 N–H and O–H groups in total. The van der Waals surface area contributed by atoms with Crippen LogP contribution < -0.4 is 0 Å². The quantitative estimate of drug-likeness (QED) is 0.198. The van der Waals surface area contributed by atoms with Gasteiger partial charge in [0.25, 0.3) is 0 Å². The van der Waals surface area contributed by atoms with Crippen LogP contribution in [0.1, 0.15) is 23.2 Å². The molecule has 0 amide bonds. The molecule has 36 heavy (non-hydrogen) atoms. The van der Waals surface area contributed by atoms with Crippen LogP contribution in [0.5, 0.6) is 0 Å². The van der Waals surface area contributed by atoms with Crippen molar-refractivity contribution in [1.29, 1.82) is 0 Å². The fourth-order valence-corrected chi connectivity index (χ4v) is 5.43. The van der Waals surface area contributed by atoms with Gasteiger partial charge in [0.15, 0.2) is 0 Å². The summed E-state index contributed by atoms with van der Waals surface area (Å²) in [5.41, 5.74) is 5.17. The molecule has 3 aromatic carbocycles. The number of imidazole rings is 1. The maximum absolute atomic E-state index is 5.19. The molecule has 4 nitrogen and oxygen atoms in total. The smallest absolute Gasteiger partial charge is 0.120 e. The fraction of sp³-hybridized carbons (Fsp3) is 0.0938. The van der Waals surface area contributed by atoms with Gasteiger partial charge in [-0.25, -0.2) is 4.98 Å². The molecule has 0 saturated heterocycles. The van der Waals surface area contributed by atoms with Gasteiger partial charge in [-0.1, -0.05) is 78.9 Å². The van der Waals surface area contributed by atoms with E-state index in [0.717, 1.165) is 38.7 Å².